The number of rotatable bonds is 7. The van der Waals surface area contributed by atoms with Gasteiger partial charge in [0.2, 0.25) is 32.1 Å². The lowest BCUT2D eigenvalue weighted by Gasteiger charge is -2.19. The highest BCUT2D eigenvalue weighted by Gasteiger charge is 2.31. The largest absolute Gasteiger partial charge is 0.325 e. The zero-order valence-electron chi connectivity index (χ0n) is 19.2. The van der Waals surface area contributed by atoms with Gasteiger partial charge in [-0.3, -0.25) is 14.3 Å². The van der Waals surface area contributed by atoms with Crippen LogP contribution in [0.15, 0.2) is 46.3 Å². The van der Waals surface area contributed by atoms with Crippen molar-refractivity contribution in [1.82, 2.24) is 9.44 Å². The molecule has 1 aliphatic heterocycles. The number of halogens is 2. The van der Waals surface area contributed by atoms with E-state index in [1.807, 2.05) is 9.44 Å². The first kappa shape index (κ1) is 27.7. The standard InChI is InChI=1S/C21H18Cl2N4O6S4/c1-36(30,31)24-18(28)10-26-14-7-12(22)3-5-16(14)34-20(26)9-21-27(11-19(29)25-37(2,32)33)15-8-13(23)4-6-17(15)35-21/h3-9H,10-11H2,1-2H3,(H-,24,25,28,29)/p+1. The summed E-state index contributed by atoms with van der Waals surface area (Å²) in [4.78, 5) is 27.4. The number of thioether (sulfide) groups is 1. The van der Waals surface area contributed by atoms with Crippen molar-refractivity contribution in [2.45, 2.75) is 11.4 Å². The summed E-state index contributed by atoms with van der Waals surface area (Å²) in [5, 5.41) is 1.99. The van der Waals surface area contributed by atoms with Gasteiger partial charge >= 0.3 is 0 Å². The molecule has 16 heteroatoms. The lowest BCUT2D eigenvalue weighted by molar-refractivity contribution is -0.655. The fourth-order valence-electron chi connectivity index (χ4n) is 3.56. The fourth-order valence-corrected chi connectivity index (χ4v) is 7.08. The Morgan fingerprint density at radius 3 is 2.27 bits per heavy atom. The number of benzene rings is 2. The Bertz CT molecular complexity index is 1690. The van der Waals surface area contributed by atoms with Gasteiger partial charge in [0.15, 0.2) is 0 Å². The molecule has 196 valence electrons. The minimum atomic E-state index is -3.77. The molecule has 4 rings (SSSR count). The molecule has 1 aliphatic rings. The second-order valence-corrected chi connectivity index (χ2v) is 14.5. The molecule has 1 aromatic heterocycles. The van der Waals surface area contributed by atoms with Gasteiger partial charge in [0, 0.05) is 21.0 Å². The summed E-state index contributed by atoms with van der Waals surface area (Å²) in [6, 6.07) is 10.3. The van der Waals surface area contributed by atoms with E-state index in [2.05, 4.69) is 0 Å². The van der Waals surface area contributed by atoms with E-state index >= 15 is 0 Å². The molecule has 0 fully saturated rings. The maximum absolute atomic E-state index is 12.5. The van der Waals surface area contributed by atoms with Crippen LogP contribution >= 0.6 is 46.3 Å². The van der Waals surface area contributed by atoms with Crippen LogP contribution in [0, 0.1) is 0 Å². The van der Waals surface area contributed by atoms with Crippen molar-refractivity contribution >= 4 is 100 Å². The van der Waals surface area contributed by atoms with E-state index in [0.29, 0.717) is 31.3 Å². The van der Waals surface area contributed by atoms with Gasteiger partial charge in [-0.2, -0.15) is 4.57 Å². The van der Waals surface area contributed by atoms with Gasteiger partial charge in [0.05, 0.1) is 29.3 Å². The lowest BCUT2D eigenvalue weighted by atomic mass is 10.3. The average Bonchev–Trinajstić information content (AvgIpc) is 3.23. The molecule has 2 amide bonds. The molecule has 37 heavy (non-hydrogen) atoms. The van der Waals surface area contributed by atoms with E-state index in [9.17, 15) is 26.4 Å². The summed E-state index contributed by atoms with van der Waals surface area (Å²) >= 11 is 15.0. The molecule has 0 atom stereocenters. The van der Waals surface area contributed by atoms with Crippen molar-refractivity contribution in [1.29, 1.82) is 0 Å². The lowest BCUT2D eigenvalue weighted by Crippen LogP contribution is -2.45. The zero-order chi connectivity index (χ0) is 27.1. The Morgan fingerprint density at radius 2 is 1.59 bits per heavy atom. The Labute approximate surface area is 231 Å². The van der Waals surface area contributed by atoms with Gasteiger partial charge < -0.3 is 4.90 Å². The minimum Gasteiger partial charge on any atom is -0.325 e. The normalized spacial score (nSPS) is 14.7. The predicted octanol–water partition coefficient (Wildman–Crippen LogP) is 2.56. The third kappa shape index (κ3) is 6.94. The van der Waals surface area contributed by atoms with Crippen molar-refractivity contribution in [3.05, 3.63) is 56.5 Å². The summed E-state index contributed by atoms with van der Waals surface area (Å²) in [6.45, 7) is -0.630. The van der Waals surface area contributed by atoms with Crippen LogP contribution in [-0.2, 0) is 36.2 Å². The Balaban J connectivity index is 1.80. The second kappa shape index (κ2) is 10.4. The first-order valence-electron chi connectivity index (χ1n) is 10.3. The van der Waals surface area contributed by atoms with Crippen LogP contribution in [0.1, 0.15) is 5.01 Å². The molecule has 2 N–H and O–H groups in total. The third-order valence-corrected chi connectivity index (χ3v) is 8.73. The minimum absolute atomic E-state index is 0.315. The van der Waals surface area contributed by atoms with Crippen LogP contribution in [0.2, 0.25) is 10.0 Å². The number of nitrogens with one attached hydrogen (secondary N) is 2. The van der Waals surface area contributed by atoms with E-state index in [-0.39, 0.29) is 13.1 Å². The fraction of sp³-hybridized carbons (Fsp3) is 0.190. The van der Waals surface area contributed by atoms with E-state index in [1.54, 1.807) is 51.9 Å². The molecule has 10 nitrogen and oxygen atoms in total. The van der Waals surface area contributed by atoms with Gasteiger partial charge in [-0.25, -0.2) is 21.6 Å². The van der Waals surface area contributed by atoms with Gasteiger partial charge in [-0.05, 0) is 30.3 Å². The molecule has 3 aromatic rings. The highest BCUT2D eigenvalue weighted by molar-refractivity contribution is 8.04. The number of amides is 2. The number of thiazole rings is 1. The van der Waals surface area contributed by atoms with Crippen LogP contribution in [-0.4, -0.2) is 47.7 Å². The van der Waals surface area contributed by atoms with Crippen LogP contribution < -0.4 is 18.9 Å². The van der Waals surface area contributed by atoms with Gasteiger partial charge in [0.1, 0.15) is 11.2 Å². The number of hydrogen-bond donors (Lipinski definition) is 2. The van der Waals surface area contributed by atoms with E-state index in [0.717, 1.165) is 22.1 Å². The predicted molar refractivity (Wildman–Crippen MR) is 146 cm³/mol. The SMILES string of the molecule is CS(=O)(=O)NC(=O)CN1C(=Cc2sc3ccc(Cl)cc3[n+]2CC(=O)NS(C)(=O)=O)Sc2ccc(Cl)cc21. The summed E-state index contributed by atoms with van der Waals surface area (Å²) in [6.07, 6.45) is 3.51. The van der Waals surface area contributed by atoms with Crippen LogP contribution in [0.5, 0.6) is 0 Å². The summed E-state index contributed by atoms with van der Waals surface area (Å²) in [5.41, 5.74) is 1.22. The molecule has 0 unspecified atom stereocenters. The molecule has 2 heterocycles. The number of carbonyl (C=O) groups excluding carboxylic acids is 2. The van der Waals surface area contributed by atoms with Crippen molar-refractivity contribution in [2.75, 3.05) is 24.0 Å². The zero-order valence-corrected chi connectivity index (χ0v) is 24.0. The summed E-state index contributed by atoms with van der Waals surface area (Å²) in [5.74, 6) is -1.49. The molecule has 0 saturated heterocycles. The Kier molecular flexibility index (Phi) is 7.79. The number of sulfonamides is 2. The topological polar surface area (TPSA) is 134 Å². The van der Waals surface area contributed by atoms with E-state index < -0.39 is 31.9 Å². The van der Waals surface area contributed by atoms with E-state index in [4.69, 9.17) is 23.2 Å². The Morgan fingerprint density at radius 1 is 0.973 bits per heavy atom. The quantitative estimate of drug-likeness (QED) is 0.385. The summed E-state index contributed by atoms with van der Waals surface area (Å²) in [7, 11) is -7.54. The molecule has 2 aromatic carbocycles. The highest BCUT2D eigenvalue weighted by atomic mass is 35.5. The van der Waals surface area contributed by atoms with Crippen LogP contribution in [0.3, 0.4) is 0 Å². The Hall–Kier alpha value is -2.36. The number of fused-ring (bicyclic) bond motifs is 2. The number of nitrogens with zero attached hydrogens (tertiary/aromatic N) is 2. The first-order valence-corrected chi connectivity index (χ1v) is 16.5. The van der Waals surface area contributed by atoms with Crippen LogP contribution in [0.4, 0.5) is 5.69 Å². The first-order chi connectivity index (χ1) is 17.2. The van der Waals surface area contributed by atoms with Crippen molar-refractivity contribution in [2.24, 2.45) is 0 Å². The van der Waals surface area contributed by atoms with E-state index in [1.165, 1.54) is 23.1 Å². The maximum atomic E-state index is 12.5. The van der Waals surface area contributed by atoms with Gasteiger partial charge in [0.25, 0.3) is 16.8 Å². The molecular formula is C21H19Cl2N4O6S4+. The molecule has 0 radical (unpaired) electrons. The summed E-state index contributed by atoms with van der Waals surface area (Å²) < 4.78 is 52.6. The van der Waals surface area contributed by atoms with Crippen molar-refractivity contribution < 1.29 is 31.0 Å². The maximum Gasteiger partial charge on any atom is 0.299 e. The van der Waals surface area contributed by atoms with Gasteiger partial charge in [-0.15, -0.1) is 0 Å². The number of hydrogen-bond acceptors (Lipinski definition) is 9. The second-order valence-electron chi connectivity index (χ2n) is 8.02. The monoisotopic (exact) mass is 621 g/mol. The number of aromatic nitrogens is 1. The smallest absolute Gasteiger partial charge is 0.299 e. The van der Waals surface area contributed by atoms with Crippen molar-refractivity contribution in [3.8, 4) is 0 Å². The molecule has 0 aliphatic carbocycles. The third-order valence-electron chi connectivity index (χ3n) is 4.83. The number of anilines is 1. The van der Waals surface area contributed by atoms with Gasteiger partial charge in [-0.1, -0.05) is 46.3 Å². The van der Waals surface area contributed by atoms with Crippen LogP contribution in [0.25, 0.3) is 16.3 Å². The molecular weight excluding hydrogens is 603 g/mol. The highest BCUT2D eigenvalue weighted by Crippen LogP contribution is 2.47. The number of carbonyl (C=O) groups is 2. The average molecular weight is 623 g/mol. The molecule has 0 saturated carbocycles. The molecule has 0 spiro atoms. The molecule has 0 bridgehead atoms. The van der Waals surface area contributed by atoms with Crippen molar-refractivity contribution in [3.63, 3.8) is 0 Å².